The minimum absolute atomic E-state index is 0.0530. The van der Waals surface area contributed by atoms with E-state index in [4.69, 9.17) is 4.74 Å². The fourth-order valence-corrected chi connectivity index (χ4v) is 2.64. The van der Waals surface area contributed by atoms with Crippen molar-refractivity contribution in [2.24, 2.45) is 0 Å². The van der Waals surface area contributed by atoms with Gasteiger partial charge in [0.2, 0.25) is 0 Å². The Labute approximate surface area is 107 Å². The van der Waals surface area contributed by atoms with E-state index in [-0.39, 0.29) is 11.8 Å². The van der Waals surface area contributed by atoms with E-state index in [2.05, 4.69) is 19.2 Å². The molecule has 4 heteroatoms. The third-order valence-electron chi connectivity index (χ3n) is 2.86. The molecule has 1 saturated heterocycles. The summed E-state index contributed by atoms with van der Waals surface area (Å²) in [5, 5.41) is 3.44. The van der Waals surface area contributed by atoms with Gasteiger partial charge >= 0.3 is 107 Å². The second-order valence-corrected chi connectivity index (χ2v) is 6.93. The first-order valence-corrected chi connectivity index (χ1v) is 7.97. The van der Waals surface area contributed by atoms with Gasteiger partial charge in [0.15, 0.2) is 0 Å². The maximum atomic E-state index is 12.5. The van der Waals surface area contributed by atoms with Crippen LogP contribution in [-0.4, -0.2) is 33.9 Å². The first-order valence-electron chi connectivity index (χ1n) is 5.47. The van der Waals surface area contributed by atoms with E-state index in [1.165, 1.54) is 0 Å². The Morgan fingerprint density at radius 3 is 2.62 bits per heavy atom. The summed E-state index contributed by atoms with van der Waals surface area (Å²) in [5.74, 6) is 0. The van der Waals surface area contributed by atoms with Crippen LogP contribution in [0.15, 0.2) is 24.3 Å². The molecule has 1 aliphatic heterocycles. The van der Waals surface area contributed by atoms with E-state index in [1.54, 1.807) is 0 Å². The quantitative estimate of drug-likeness (QED) is 0.835. The summed E-state index contributed by atoms with van der Waals surface area (Å²) in [6.45, 7) is 5.12. The Balaban J connectivity index is 2.11. The number of halogens is 1. The molecule has 2 rings (SSSR count). The van der Waals surface area contributed by atoms with Gasteiger partial charge in [0.1, 0.15) is 0 Å². The summed E-state index contributed by atoms with van der Waals surface area (Å²) in [6, 6.07) is 7.70. The van der Waals surface area contributed by atoms with E-state index in [0.29, 0.717) is 0 Å². The second-order valence-electron chi connectivity index (χ2n) is 4.75. The summed E-state index contributed by atoms with van der Waals surface area (Å²) < 4.78 is 19.1. The maximum absolute atomic E-state index is 12.5. The molecule has 0 aromatic heterocycles. The van der Waals surface area contributed by atoms with Crippen LogP contribution in [0.25, 0.3) is 0 Å². The summed E-state index contributed by atoms with van der Waals surface area (Å²) in [5.41, 5.74) is 1.20. The summed E-state index contributed by atoms with van der Waals surface area (Å²) >= 11 is -1.79. The molecule has 1 N–H and O–H groups in total. The molecular weight excluding hydrogens is 312 g/mol. The topological polar surface area (TPSA) is 21.3 Å². The molecule has 0 aliphatic carbocycles. The van der Waals surface area contributed by atoms with Crippen LogP contribution in [0.5, 0.6) is 0 Å². The van der Waals surface area contributed by atoms with Crippen molar-refractivity contribution in [3.63, 3.8) is 0 Å². The van der Waals surface area contributed by atoms with Gasteiger partial charge in [-0.1, -0.05) is 0 Å². The fraction of sp³-hybridized carbons (Fsp3) is 0.500. The molecule has 1 unspecified atom stereocenters. The van der Waals surface area contributed by atoms with E-state index >= 15 is 0 Å². The van der Waals surface area contributed by atoms with Gasteiger partial charge < -0.3 is 0 Å². The molecule has 0 bridgehead atoms. The van der Waals surface area contributed by atoms with Crippen LogP contribution in [0.1, 0.15) is 32.1 Å². The zero-order valence-electron chi connectivity index (χ0n) is 9.59. The molecule has 1 aliphatic rings. The molecule has 86 valence electrons. The Hall–Kier alpha value is -0.131. The van der Waals surface area contributed by atoms with E-state index < -0.39 is 21.7 Å². The zero-order valence-corrected chi connectivity index (χ0v) is 12.4. The number of nitrogens with one attached hydrogen (secondary N) is 1. The number of hydrogen-bond donors (Lipinski definition) is 1. The molecule has 1 aromatic carbocycles. The Morgan fingerprint density at radius 2 is 2.06 bits per heavy atom. The predicted molar refractivity (Wildman–Crippen MR) is 63.5 cm³/mol. The van der Waals surface area contributed by atoms with Crippen LogP contribution in [-0.2, 0) is 4.74 Å². The van der Waals surface area contributed by atoms with Crippen molar-refractivity contribution in [2.75, 3.05) is 6.61 Å². The van der Waals surface area contributed by atoms with Gasteiger partial charge in [-0.05, 0) is 0 Å². The Morgan fingerprint density at radius 1 is 1.38 bits per heavy atom. The summed E-state index contributed by atoms with van der Waals surface area (Å²) in [4.78, 5) is 0. The van der Waals surface area contributed by atoms with Crippen LogP contribution in [0.2, 0.25) is 0 Å². The van der Waals surface area contributed by atoms with Gasteiger partial charge in [-0.25, -0.2) is 0 Å². The standard InChI is InChI=1S/C12H16NO.FH.Sn/c1-12(2)8-9-14-11(13-12)10-6-4-3-5-7-10;;/h4-7,11,13H,8-9H2,1-2H3;1H;/q;;+1/p-1. The first-order chi connectivity index (χ1) is 7.61. The van der Waals surface area contributed by atoms with Gasteiger partial charge in [-0.15, -0.1) is 0 Å². The van der Waals surface area contributed by atoms with E-state index in [1.807, 2.05) is 24.3 Å². The third kappa shape index (κ3) is 2.96. The normalized spacial score (nSPS) is 24.3. The average molecular weight is 328 g/mol. The van der Waals surface area contributed by atoms with E-state index in [0.717, 1.165) is 22.2 Å². The van der Waals surface area contributed by atoms with Crippen molar-refractivity contribution in [1.82, 2.24) is 5.32 Å². The van der Waals surface area contributed by atoms with Crippen molar-refractivity contribution in [3.05, 3.63) is 29.8 Å². The Kier molecular flexibility index (Phi) is 3.87. The zero-order chi connectivity index (χ0) is 11.6. The summed E-state index contributed by atoms with van der Waals surface area (Å²) in [6.07, 6.45) is 0.961. The van der Waals surface area contributed by atoms with Crippen LogP contribution < -0.4 is 8.90 Å². The van der Waals surface area contributed by atoms with Gasteiger partial charge in [-0.3, -0.25) is 0 Å². The van der Waals surface area contributed by atoms with Gasteiger partial charge in [-0.2, -0.15) is 0 Å². The molecule has 0 saturated carbocycles. The first kappa shape index (κ1) is 12.3. The van der Waals surface area contributed by atoms with Crippen LogP contribution in [0.4, 0.5) is 2.87 Å². The van der Waals surface area contributed by atoms with Crippen molar-refractivity contribution >= 4 is 25.3 Å². The molecule has 1 aromatic rings. The Bertz CT molecular complexity index is 353. The average Bonchev–Trinajstić information content (AvgIpc) is 2.28. The van der Waals surface area contributed by atoms with Crippen molar-refractivity contribution < 1.29 is 7.60 Å². The molecule has 0 spiro atoms. The number of ether oxygens (including phenoxy) is 1. The summed E-state index contributed by atoms with van der Waals surface area (Å²) in [7, 11) is 0. The van der Waals surface area contributed by atoms with Crippen molar-refractivity contribution in [2.45, 2.75) is 32.0 Å². The molecule has 1 heterocycles. The molecule has 0 amide bonds. The van der Waals surface area contributed by atoms with Crippen LogP contribution in [0, 0.1) is 0 Å². The van der Waals surface area contributed by atoms with E-state index in [9.17, 15) is 2.87 Å². The van der Waals surface area contributed by atoms with Crippen LogP contribution in [0.3, 0.4) is 0 Å². The minimum atomic E-state index is -1.79. The van der Waals surface area contributed by atoms with Crippen molar-refractivity contribution in [3.8, 4) is 0 Å². The monoisotopic (exact) mass is 329 g/mol. The van der Waals surface area contributed by atoms with Gasteiger partial charge in [0, 0.05) is 0 Å². The molecule has 1 atom stereocenters. The molecule has 2 nitrogen and oxygen atoms in total. The molecule has 2 radical (unpaired) electrons. The number of benzene rings is 1. The van der Waals surface area contributed by atoms with Gasteiger partial charge in [0.05, 0.1) is 0 Å². The third-order valence-corrected chi connectivity index (χ3v) is 4.43. The second kappa shape index (κ2) is 5.02. The molecule has 16 heavy (non-hydrogen) atoms. The fourth-order valence-electron chi connectivity index (χ4n) is 1.80. The molecular formula is C12H16FNOSn. The van der Waals surface area contributed by atoms with Crippen LogP contribution >= 0.6 is 0 Å². The number of rotatable bonds is 2. The van der Waals surface area contributed by atoms with Gasteiger partial charge in [0.25, 0.3) is 0 Å². The predicted octanol–water partition coefficient (Wildman–Crippen LogP) is 1.69. The molecule has 1 fully saturated rings. The van der Waals surface area contributed by atoms with Crippen molar-refractivity contribution in [1.29, 1.82) is 0 Å². The SMILES string of the molecule is CC1(C)CCOC(c2cc[c]([Sn][F])cc2)N1. The number of hydrogen-bond acceptors (Lipinski definition) is 2.